The molecule has 0 fully saturated rings. The largest absolute Gasteiger partial charge is 0.478 e. The van der Waals surface area contributed by atoms with E-state index in [2.05, 4.69) is 15.9 Å². The van der Waals surface area contributed by atoms with Gasteiger partial charge in [-0.25, -0.2) is 13.2 Å². The minimum absolute atomic E-state index is 0.0536. The third-order valence-corrected chi connectivity index (χ3v) is 8.52. The van der Waals surface area contributed by atoms with Gasteiger partial charge in [-0.05, 0) is 55.2 Å². The monoisotopic (exact) mass is 525 g/mol. The molecule has 1 aliphatic heterocycles. The number of sulfonamides is 1. The van der Waals surface area contributed by atoms with E-state index in [0.717, 1.165) is 15.6 Å². The fraction of sp³-hybridized carbons (Fsp3) is 0.192. The van der Waals surface area contributed by atoms with E-state index in [1.165, 1.54) is 4.31 Å². The maximum absolute atomic E-state index is 14.2. The highest BCUT2D eigenvalue weighted by atomic mass is 79.9. The lowest BCUT2D eigenvalue weighted by Gasteiger charge is -2.41. The van der Waals surface area contributed by atoms with Gasteiger partial charge in [0.25, 0.3) is 0 Å². The summed E-state index contributed by atoms with van der Waals surface area (Å²) >= 11 is 3.41. The van der Waals surface area contributed by atoms with Crippen LogP contribution in [-0.4, -0.2) is 23.8 Å². The van der Waals surface area contributed by atoms with Gasteiger partial charge in [0.1, 0.15) is 0 Å². The van der Waals surface area contributed by atoms with Gasteiger partial charge < -0.3 is 5.11 Å². The van der Waals surface area contributed by atoms with Crippen LogP contribution in [0.3, 0.4) is 0 Å². The minimum atomic E-state index is -4.06. The van der Waals surface area contributed by atoms with E-state index >= 15 is 0 Å². The van der Waals surface area contributed by atoms with Crippen LogP contribution in [-0.2, 0) is 14.8 Å². The van der Waals surface area contributed by atoms with Crippen LogP contribution in [0.15, 0.2) is 93.8 Å². The number of hydrogen-bond acceptors (Lipinski definition) is 3. The molecular formula is C26H24BrNO4S. The number of aryl methyl sites for hydroxylation is 2. The second kappa shape index (κ2) is 9.25. The molecule has 2 atom stereocenters. The first-order valence-electron chi connectivity index (χ1n) is 10.5. The summed E-state index contributed by atoms with van der Waals surface area (Å²) in [6, 6.07) is 20.1. The van der Waals surface area contributed by atoms with Crippen LogP contribution in [0.2, 0.25) is 0 Å². The molecule has 0 bridgehead atoms. The first kappa shape index (κ1) is 23.4. The van der Waals surface area contributed by atoms with Crippen LogP contribution < -0.4 is 0 Å². The van der Waals surface area contributed by atoms with Gasteiger partial charge in [-0.3, -0.25) is 0 Å². The van der Waals surface area contributed by atoms with E-state index in [-0.39, 0.29) is 16.9 Å². The third-order valence-electron chi connectivity index (χ3n) is 5.96. The lowest BCUT2D eigenvalue weighted by Crippen LogP contribution is -2.42. The Morgan fingerprint density at radius 2 is 1.55 bits per heavy atom. The molecule has 0 saturated carbocycles. The zero-order valence-electron chi connectivity index (χ0n) is 18.3. The molecule has 3 aromatic rings. The second-order valence-electron chi connectivity index (χ2n) is 8.18. The van der Waals surface area contributed by atoms with Gasteiger partial charge in [0.2, 0.25) is 10.0 Å². The van der Waals surface area contributed by atoms with E-state index in [1.807, 2.05) is 31.2 Å². The lowest BCUT2D eigenvalue weighted by molar-refractivity contribution is -0.133. The highest BCUT2D eigenvalue weighted by Crippen LogP contribution is 2.46. The number of halogens is 1. The van der Waals surface area contributed by atoms with E-state index < -0.39 is 28.1 Å². The molecule has 1 heterocycles. The van der Waals surface area contributed by atoms with Gasteiger partial charge in [-0.15, -0.1) is 0 Å². The fourth-order valence-electron chi connectivity index (χ4n) is 4.28. The van der Waals surface area contributed by atoms with Crippen molar-refractivity contribution in [2.75, 3.05) is 0 Å². The molecule has 0 amide bonds. The van der Waals surface area contributed by atoms with Crippen LogP contribution in [0.1, 0.15) is 40.8 Å². The quantitative estimate of drug-likeness (QED) is 0.446. The molecule has 0 saturated heterocycles. The molecule has 0 unspecified atom stereocenters. The van der Waals surface area contributed by atoms with Crippen molar-refractivity contribution < 1.29 is 18.3 Å². The molecular weight excluding hydrogens is 502 g/mol. The Morgan fingerprint density at radius 1 is 0.939 bits per heavy atom. The molecule has 3 aromatic carbocycles. The summed E-state index contributed by atoms with van der Waals surface area (Å²) in [4.78, 5) is 12.4. The highest BCUT2D eigenvalue weighted by molar-refractivity contribution is 9.10. The minimum Gasteiger partial charge on any atom is -0.478 e. The molecule has 33 heavy (non-hydrogen) atoms. The average molecular weight is 526 g/mol. The van der Waals surface area contributed by atoms with Gasteiger partial charge >= 0.3 is 5.97 Å². The summed E-state index contributed by atoms with van der Waals surface area (Å²) in [5, 5.41) is 10.0. The van der Waals surface area contributed by atoms with Gasteiger partial charge in [-0.1, -0.05) is 82.2 Å². The summed E-state index contributed by atoms with van der Waals surface area (Å²) in [7, 11) is -4.06. The smallest absolute Gasteiger partial charge is 0.333 e. The summed E-state index contributed by atoms with van der Waals surface area (Å²) in [5.41, 5.74) is 3.15. The lowest BCUT2D eigenvalue weighted by atomic mass is 9.89. The Bertz CT molecular complexity index is 1320. The fourth-order valence-corrected chi connectivity index (χ4v) is 6.56. The zero-order valence-corrected chi connectivity index (χ0v) is 20.7. The summed E-state index contributed by atoms with van der Waals surface area (Å²) in [6.45, 7) is 3.72. The predicted octanol–water partition coefficient (Wildman–Crippen LogP) is 5.95. The van der Waals surface area contributed by atoms with E-state index in [0.29, 0.717) is 11.1 Å². The van der Waals surface area contributed by atoms with Crippen molar-refractivity contribution in [3.63, 3.8) is 0 Å². The Balaban J connectivity index is 1.98. The molecule has 0 aliphatic carbocycles. The first-order valence-corrected chi connectivity index (χ1v) is 12.8. The molecule has 7 heteroatoms. The number of carboxylic acid groups (broad SMARTS) is 1. The predicted molar refractivity (Wildman–Crippen MR) is 131 cm³/mol. The number of nitrogens with zero attached hydrogens (tertiary/aromatic N) is 1. The number of aliphatic carboxylic acids is 1. The van der Waals surface area contributed by atoms with Gasteiger partial charge in [0.15, 0.2) is 0 Å². The summed E-state index contributed by atoms with van der Waals surface area (Å²) in [5.74, 6) is -1.13. The van der Waals surface area contributed by atoms with Crippen molar-refractivity contribution in [3.8, 4) is 0 Å². The molecule has 170 valence electrons. The molecule has 1 N–H and O–H groups in total. The molecule has 0 radical (unpaired) electrons. The molecule has 0 spiro atoms. The highest BCUT2D eigenvalue weighted by Gasteiger charge is 2.44. The van der Waals surface area contributed by atoms with Crippen LogP contribution in [0, 0.1) is 13.8 Å². The molecule has 0 aromatic heterocycles. The van der Waals surface area contributed by atoms with Crippen molar-refractivity contribution in [2.45, 2.75) is 37.2 Å². The Kier molecular flexibility index (Phi) is 6.56. The van der Waals surface area contributed by atoms with E-state index in [1.54, 1.807) is 61.5 Å². The standard InChI is InChI=1S/C26H24BrNO4S/c1-17-7-9-19(10-8-17)23-16-15-22(26(29)30)25(20-11-13-21(27)14-12-20)28(23)33(31,32)24-6-4-3-5-18(24)2/h3-15,23,25H,16H2,1-2H3,(H,29,30)/t23-,25-/m0/s1. The van der Waals surface area contributed by atoms with Gasteiger partial charge in [0, 0.05) is 4.47 Å². The molecule has 5 nitrogen and oxygen atoms in total. The summed E-state index contributed by atoms with van der Waals surface area (Å²) in [6.07, 6.45) is 1.92. The summed E-state index contributed by atoms with van der Waals surface area (Å²) < 4.78 is 30.6. The number of benzene rings is 3. The van der Waals surface area contributed by atoms with Crippen LogP contribution >= 0.6 is 15.9 Å². The zero-order chi connectivity index (χ0) is 23.8. The van der Waals surface area contributed by atoms with Crippen LogP contribution in [0.4, 0.5) is 0 Å². The molecule has 1 aliphatic rings. The third kappa shape index (κ3) is 4.53. The SMILES string of the molecule is Cc1ccc([C@@H]2CC=C(C(=O)O)[C@H](c3ccc(Br)cc3)N2S(=O)(=O)c2ccccc2C)cc1. The van der Waals surface area contributed by atoms with Crippen molar-refractivity contribution in [1.29, 1.82) is 0 Å². The number of rotatable bonds is 5. The second-order valence-corrected chi connectivity index (χ2v) is 10.9. The van der Waals surface area contributed by atoms with E-state index in [4.69, 9.17) is 0 Å². The average Bonchev–Trinajstić information content (AvgIpc) is 2.79. The maximum atomic E-state index is 14.2. The molecule has 4 rings (SSSR count). The number of carbonyl (C=O) groups is 1. The normalized spacial score (nSPS) is 19.2. The van der Waals surface area contributed by atoms with Crippen molar-refractivity contribution in [1.82, 2.24) is 4.31 Å². The topological polar surface area (TPSA) is 74.7 Å². The first-order chi connectivity index (χ1) is 15.7. The Labute approximate surface area is 202 Å². The Hall–Kier alpha value is -2.74. The Morgan fingerprint density at radius 3 is 2.15 bits per heavy atom. The van der Waals surface area contributed by atoms with E-state index in [9.17, 15) is 18.3 Å². The number of hydrogen-bond donors (Lipinski definition) is 1. The van der Waals surface area contributed by atoms with Crippen molar-refractivity contribution >= 4 is 31.9 Å². The van der Waals surface area contributed by atoms with Crippen molar-refractivity contribution in [3.05, 3.63) is 111 Å². The van der Waals surface area contributed by atoms with Gasteiger partial charge in [0.05, 0.1) is 22.6 Å². The maximum Gasteiger partial charge on any atom is 0.333 e. The number of carboxylic acids is 1. The van der Waals surface area contributed by atoms with Crippen LogP contribution in [0.5, 0.6) is 0 Å². The van der Waals surface area contributed by atoms with Crippen LogP contribution in [0.25, 0.3) is 0 Å². The van der Waals surface area contributed by atoms with Gasteiger partial charge in [-0.2, -0.15) is 4.31 Å². The van der Waals surface area contributed by atoms with Crippen molar-refractivity contribution in [2.24, 2.45) is 0 Å².